The number of carbonyl (C=O) groups excluding carboxylic acids is 1. The van der Waals surface area contributed by atoms with Crippen molar-refractivity contribution in [3.8, 4) is 0 Å². The fourth-order valence-corrected chi connectivity index (χ4v) is 5.52. The second-order valence-electron chi connectivity index (χ2n) is 6.40. The fourth-order valence-electron chi connectivity index (χ4n) is 2.76. The van der Waals surface area contributed by atoms with E-state index in [0.717, 1.165) is 17.6 Å². The predicted octanol–water partition coefficient (Wildman–Crippen LogP) is 2.98. The van der Waals surface area contributed by atoms with Gasteiger partial charge >= 0.3 is 0 Å². The van der Waals surface area contributed by atoms with Gasteiger partial charge in [0.15, 0.2) is 5.13 Å². The highest BCUT2D eigenvalue weighted by Gasteiger charge is 2.17. The molecule has 12 heteroatoms. The summed E-state index contributed by atoms with van der Waals surface area (Å²) in [6.07, 6.45) is 2.61. The van der Waals surface area contributed by atoms with Gasteiger partial charge in [0.05, 0.1) is 16.8 Å². The molecule has 2 aromatic carbocycles. The highest BCUT2D eigenvalue weighted by atomic mass is 32.2. The molecule has 3 rings (SSSR count). The van der Waals surface area contributed by atoms with Crippen molar-refractivity contribution >= 4 is 53.8 Å². The molecule has 2 N–H and O–H groups in total. The Hall–Kier alpha value is -2.96. The number of aromatic nitrogens is 1. The van der Waals surface area contributed by atoms with Crippen LogP contribution in [0.3, 0.4) is 0 Å². The van der Waals surface area contributed by atoms with Crippen LogP contribution < -0.4 is 14.3 Å². The summed E-state index contributed by atoms with van der Waals surface area (Å²) in [4.78, 5) is 16.4. The molecular formula is C19H20N4O5S3. The first-order valence-electron chi connectivity index (χ1n) is 9.01. The number of hydrogen-bond donors (Lipinski definition) is 2. The fraction of sp³-hybridized carbons (Fsp3) is 0.158. The Kier molecular flexibility index (Phi) is 6.62. The zero-order valence-corrected chi connectivity index (χ0v) is 19.1. The van der Waals surface area contributed by atoms with E-state index in [1.807, 2.05) is 0 Å². The molecule has 31 heavy (non-hydrogen) atoms. The van der Waals surface area contributed by atoms with Gasteiger partial charge in [-0.1, -0.05) is 0 Å². The number of nitrogens with zero attached hydrogens (tertiary/aromatic N) is 2. The molecule has 0 spiro atoms. The summed E-state index contributed by atoms with van der Waals surface area (Å²) in [7, 11) is -7.18. The Bertz CT molecular complexity index is 1260. The molecule has 1 aromatic heterocycles. The summed E-state index contributed by atoms with van der Waals surface area (Å²) >= 11 is 1.16. The molecule has 0 bridgehead atoms. The Morgan fingerprint density at radius 3 is 2.19 bits per heavy atom. The second-order valence-corrected chi connectivity index (χ2v) is 10.9. The van der Waals surface area contributed by atoms with Gasteiger partial charge in [0.1, 0.15) is 0 Å². The minimum atomic E-state index is -3.78. The van der Waals surface area contributed by atoms with Crippen molar-refractivity contribution in [2.75, 3.05) is 27.1 Å². The molecular weight excluding hydrogens is 460 g/mol. The minimum absolute atomic E-state index is 0.0329. The number of rotatable bonds is 8. The zero-order chi connectivity index (χ0) is 22.6. The van der Waals surface area contributed by atoms with Crippen LogP contribution in [-0.4, -0.2) is 40.5 Å². The summed E-state index contributed by atoms with van der Waals surface area (Å²) in [6.45, 7) is 2.00. The maximum absolute atomic E-state index is 12.5. The zero-order valence-electron chi connectivity index (χ0n) is 16.6. The lowest BCUT2D eigenvalue weighted by Crippen LogP contribution is -2.29. The summed E-state index contributed by atoms with van der Waals surface area (Å²) < 4.78 is 51.9. The van der Waals surface area contributed by atoms with E-state index in [-0.39, 0.29) is 16.6 Å². The smallest absolute Gasteiger partial charge is 0.263 e. The van der Waals surface area contributed by atoms with Crippen LogP contribution in [0.1, 0.15) is 17.3 Å². The molecule has 164 valence electrons. The number of sulfonamides is 2. The molecule has 0 saturated heterocycles. The van der Waals surface area contributed by atoms with Crippen LogP contribution in [0.25, 0.3) is 0 Å². The molecule has 1 amide bonds. The summed E-state index contributed by atoms with van der Waals surface area (Å²) in [5, 5.41) is 4.60. The van der Waals surface area contributed by atoms with Gasteiger partial charge in [0.2, 0.25) is 10.0 Å². The van der Waals surface area contributed by atoms with E-state index in [1.165, 1.54) is 46.9 Å². The number of hydrogen-bond acceptors (Lipinski definition) is 7. The number of thiazole rings is 1. The number of benzene rings is 2. The Labute approximate surface area is 184 Å². The van der Waals surface area contributed by atoms with Crippen molar-refractivity contribution in [2.24, 2.45) is 0 Å². The SMILES string of the molecule is CCN(c1ccc(C(=O)Nc2ccc(S(=O)(=O)Nc3nccs3)cc2)cc1)S(C)(=O)=O. The lowest BCUT2D eigenvalue weighted by Gasteiger charge is -2.20. The first kappa shape index (κ1) is 22.7. The predicted molar refractivity (Wildman–Crippen MR) is 122 cm³/mol. The van der Waals surface area contributed by atoms with Crippen LogP contribution in [0, 0.1) is 0 Å². The van der Waals surface area contributed by atoms with E-state index in [4.69, 9.17) is 0 Å². The molecule has 0 saturated carbocycles. The van der Waals surface area contributed by atoms with E-state index >= 15 is 0 Å². The lowest BCUT2D eigenvalue weighted by atomic mass is 10.2. The Balaban J connectivity index is 1.69. The first-order valence-corrected chi connectivity index (χ1v) is 13.2. The molecule has 9 nitrogen and oxygen atoms in total. The quantitative estimate of drug-likeness (QED) is 0.511. The third-order valence-electron chi connectivity index (χ3n) is 4.18. The maximum Gasteiger partial charge on any atom is 0.263 e. The maximum atomic E-state index is 12.5. The normalized spacial score (nSPS) is 11.7. The lowest BCUT2D eigenvalue weighted by molar-refractivity contribution is 0.102. The van der Waals surface area contributed by atoms with Crippen molar-refractivity contribution in [1.82, 2.24) is 4.98 Å². The summed E-state index contributed by atoms with van der Waals surface area (Å²) in [6, 6.07) is 11.9. The van der Waals surface area contributed by atoms with Crippen LogP contribution in [0.5, 0.6) is 0 Å². The molecule has 1 heterocycles. The van der Waals surface area contributed by atoms with E-state index in [1.54, 1.807) is 24.4 Å². The summed E-state index contributed by atoms with van der Waals surface area (Å²) in [5.41, 5.74) is 1.20. The molecule has 3 aromatic rings. The molecule has 0 atom stereocenters. The van der Waals surface area contributed by atoms with Crippen LogP contribution in [0.2, 0.25) is 0 Å². The van der Waals surface area contributed by atoms with Crippen LogP contribution in [0.15, 0.2) is 65.0 Å². The van der Waals surface area contributed by atoms with Gasteiger partial charge in [0.25, 0.3) is 15.9 Å². The van der Waals surface area contributed by atoms with Gasteiger partial charge in [-0.3, -0.25) is 13.8 Å². The molecule has 0 aliphatic rings. The van der Waals surface area contributed by atoms with Gasteiger partial charge in [-0.25, -0.2) is 21.8 Å². The minimum Gasteiger partial charge on any atom is -0.322 e. The Morgan fingerprint density at radius 1 is 1.03 bits per heavy atom. The monoisotopic (exact) mass is 480 g/mol. The number of amides is 1. The van der Waals surface area contributed by atoms with Crippen molar-refractivity contribution in [1.29, 1.82) is 0 Å². The number of anilines is 3. The van der Waals surface area contributed by atoms with Gasteiger partial charge in [-0.05, 0) is 55.5 Å². The second kappa shape index (κ2) is 9.04. The average Bonchev–Trinajstić information content (AvgIpc) is 3.20. The van der Waals surface area contributed by atoms with Gasteiger partial charge in [-0.2, -0.15) is 0 Å². The van der Waals surface area contributed by atoms with E-state index < -0.39 is 26.0 Å². The first-order chi connectivity index (χ1) is 14.6. The molecule has 0 fully saturated rings. The van der Waals surface area contributed by atoms with Gasteiger partial charge < -0.3 is 5.32 Å². The van der Waals surface area contributed by atoms with Crippen LogP contribution in [-0.2, 0) is 20.0 Å². The van der Waals surface area contributed by atoms with E-state index in [2.05, 4.69) is 15.0 Å². The van der Waals surface area contributed by atoms with Crippen molar-refractivity contribution in [3.05, 3.63) is 65.7 Å². The van der Waals surface area contributed by atoms with Crippen molar-refractivity contribution in [3.63, 3.8) is 0 Å². The molecule has 0 aliphatic heterocycles. The highest BCUT2D eigenvalue weighted by molar-refractivity contribution is 7.93. The standard InChI is InChI=1S/C19H20N4O5S3/c1-3-23(30(2,25)26)16-8-4-14(5-9-16)18(24)21-15-6-10-17(11-7-15)31(27,28)22-19-20-12-13-29-19/h4-13H,3H2,1-2H3,(H,20,22)(H,21,24). The topological polar surface area (TPSA) is 126 Å². The average molecular weight is 481 g/mol. The highest BCUT2D eigenvalue weighted by Crippen LogP contribution is 2.21. The van der Waals surface area contributed by atoms with Crippen molar-refractivity contribution in [2.45, 2.75) is 11.8 Å². The van der Waals surface area contributed by atoms with E-state index in [0.29, 0.717) is 16.9 Å². The largest absolute Gasteiger partial charge is 0.322 e. The van der Waals surface area contributed by atoms with Crippen LogP contribution >= 0.6 is 11.3 Å². The van der Waals surface area contributed by atoms with Crippen LogP contribution in [0.4, 0.5) is 16.5 Å². The molecule has 0 aliphatic carbocycles. The summed E-state index contributed by atoms with van der Waals surface area (Å²) in [5.74, 6) is -0.412. The third kappa shape index (κ3) is 5.60. The van der Waals surface area contributed by atoms with Gasteiger partial charge in [-0.15, -0.1) is 11.3 Å². The number of nitrogens with one attached hydrogen (secondary N) is 2. The Morgan fingerprint density at radius 2 is 1.68 bits per heavy atom. The van der Waals surface area contributed by atoms with Crippen molar-refractivity contribution < 1.29 is 21.6 Å². The number of carbonyl (C=O) groups is 1. The van der Waals surface area contributed by atoms with Gasteiger partial charge in [0, 0.05) is 29.4 Å². The third-order valence-corrected chi connectivity index (χ3v) is 7.62. The van der Waals surface area contributed by atoms with E-state index in [9.17, 15) is 21.6 Å². The molecule has 0 radical (unpaired) electrons. The molecule has 0 unspecified atom stereocenters.